The topological polar surface area (TPSA) is 0 Å². The minimum absolute atomic E-state index is 0.938. The maximum Gasteiger partial charge on any atom is -0.0351 e. The molecule has 24 heavy (non-hydrogen) atoms. The minimum Gasteiger partial charge on any atom is -0.0885 e. The number of hydrogen-bond donors (Lipinski definition) is 0. The molecule has 0 rings (SSSR count). The molecule has 0 N–H and O–H groups in total. The molecule has 144 valence electrons. The van der Waals surface area contributed by atoms with E-state index in [0.29, 0.717) is 0 Å². The van der Waals surface area contributed by atoms with Crippen LogP contribution in [-0.2, 0) is 0 Å². The van der Waals surface area contributed by atoms with Crippen LogP contribution >= 0.6 is 0 Å². The largest absolute Gasteiger partial charge is 0.0885 e. The van der Waals surface area contributed by atoms with Gasteiger partial charge in [-0.15, -0.1) is 0 Å². The fourth-order valence-electron chi connectivity index (χ4n) is 3.46. The predicted molar refractivity (Wildman–Crippen MR) is 113 cm³/mol. The standard InChI is InChI=1S/C24H48/c1-4-6-8-10-12-13-14-15-17-19-21-23-24(3)22-20-18-16-11-9-7-5-2/h15,17,24H,4-14,16,18-23H2,1-3H3/b17-15-. The molecule has 0 radical (unpaired) electrons. The molecule has 0 fully saturated rings. The summed E-state index contributed by atoms with van der Waals surface area (Å²) in [5.41, 5.74) is 0. The molecule has 0 saturated carbocycles. The van der Waals surface area contributed by atoms with Crippen molar-refractivity contribution in [2.75, 3.05) is 0 Å². The van der Waals surface area contributed by atoms with Crippen LogP contribution in [0.5, 0.6) is 0 Å². The van der Waals surface area contributed by atoms with E-state index in [-0.39, 0.29) is 0 Å². The lowest BCUT2D eigenvalue weighted by Gasteiger charge is -2.10. The Morgan fingerprint density at radius 3 is 1.50 bits per heavy atom. The number of hydrogen-bond acceptors (Lipinski definition) is 0. The van der Waals surface area contributed by atoms with Gasteiger partial charge in [0.15, 0.2) is 0 Å². The van der Waals surface area contributed by atoms with Gasteiger partial charge in [0, 0.05) is 0 Å². The Bertz CT molecular complexity index is 240. The molecule has 0 saturated heterocycles. The molecule has 0 aromatic rings. The van der Waals surface area contributed by atoms with E-state index in [1.165, 1.54) is 116 Å². The Kier molecular flexibility index (Phi) is 20.6. The summed E-state index contributed by atoms with van der Waals surface area (Å²) in [6.07, 6.45) is 30.4. The van der Waals surface area contributed by atoms with Crippen molar-refractivity contribution in [1.29, 1.82) is 0 Å². The van der Waals surface area contributed by atoms with Crippen molar-refractivity contribution < 1.29 is 0 Å². The van der Waals surface area contributed by atoms with Gasteiger partial charge in [0.2, 0.25) is 0 Å². The zero-order valence-electron chi connectivity index (χ0n) is 17.5. The second kappa shape index (κ2) is 20.8. The first-order chi connectivity index (χ1) is 11.8. The smallest absolute Gasteiger partial charge is 0.0351 e. The maximum absolute atomic E-state index is 2.46. The quantitative estimate of drug-likeness (QED) is 0.163. The number of allylic oxidation sites excluding steroid dienone is 2. The van der Waals surface area contributed by atoms with Crippen LogP contribution in [0.15, 0.2) is 12.2 Å². The predicted octanol–water partition coefficient (Wildman–Crippen LogP) is 9.24. The summed E-state index contributed by atoms with van der Waals surface area (Å²) in [5.74, 6) is 0.938. The van der Waals surface area contributed by atoms with Crippen molar-refractivity contribution in [1.82, 2.24) is 0 Å². The molecule has 0 aliphatic carbocycles. The van der Waals surface area contributed by atoms with Gasteiger partial charge in [-0.3, -0.25) is 0 Å². The Hall–Kier alpha value is -0.260. The monoisotopic (exact) mass is 336 g/mol. The van der Waals surface area contributed by atoms with E-state index < -0.39 is 0 Å². The van der Waals surface area contributed by atoms with Gasteiger partial charge >= 0.3 is 0 Å². The van der Waals surface area contributed by atoms with E-state index in [0.717, 1.165) is 5.92 Å². The van der Waals surface area contributed by atoms with Crippen LogP contribution in [-0.4, -0.2) is 0 Å². The molecular weight excluding hydrogens is 288 g/mol. The van der Waals surface area contributed by atoms with Crippen LogP contribution in [0.2, 0.25) is 0 Å². The number of unbranched alkanes of at least 4 members (excludes halogenated alkanes) is 13. The summed E-state index contributed by atoms with van der Waals surface area (Å²) in [6, 6.07) is 0. The molecule has 0 aromatic heterocycles. The molecule has 0 spiro atoms. The summed E-state index contributed by atoms with van der Waals surface area (Å²) in [6.45, 7) is 7.04. The molecule has 1 atom stereocenters. The van der Waals surface area contributed by atoms with Crippen molar-refractivity contribution in [3.8, 4) is 0 Å². The van der Waals surface area contributed by atoms with E-state index in [2.05, 4.69) is 32.9 Å². The minimum atomic E-state index is 0.938. The van der Waals surface area contributed by atoms with Crippen molar-refractivity contribution in [2.24, 2.45) is 5.92 Å². The van der Waals surface area contributed by atoms with Crippen molar-refractivity contribution in [2.45, 2.75) is 136 Å². The van der Waals surface area contributed by atoms with E-state index in [9.17, 15) is 0 Å². The van der Waals surface area contributed by atoms with Crippen LogP contribution in [0, 0.1) is 5.92 Å². The van der Waals surface area contributed by atoms with Gasteiger partial charge in [0.1, 0.15) is 0 Å². The molecule has 0 nitrogen and oxygen atoms in total. The summed E-state index contributed by atoms with van der Waals surface area (Å²) < 4.78 is 0. The Labute approximate surface area is 154 Å². The fourth-order valence-corrected chi connectivity index (χ4v) is 3.46. The van der Waals surface area contributed by atoms with Gasteiger partial charge in [-0.05, 0) is 31.6 Å². The molecule has 0 bridgehead atoms. The maximum atomic E-state index is 2.46. The summed E-state index contributed by atoms with van der Waals surface area (Å²) in [4.78, 5) is 0. The first kappa shape index (κ1) is 23.7. The zero-order valence-corrected chi connectivity index (χ0v) is 17.5. The third-order valence-electron chi connectivity index (χ3n) is 5.26. The second-order valence-corrected chi connectivity index (χ2v) is 7.97. The summed E-state index contributed by atoms with van der Waals surface area (Å²) >= 11 is 0. The van der Waals surface area contributed by atoms with E-state index in [1.807, 2.05) is 0 Å². The molecule has 0 aliphatic rings. The Balaban J connectivity index is 3.21. The van der Waals surface area contributed by atoms with Gasteiger partial charge in [-0.25, -0.2) is 0 Å². The average Bonchev–Trinajstić information content (AvgIpc) is 2.59. The van der Waals surface area contributed by atoms with Gasteiger partial charge in [0.25, 0.3) is 0 Å². The second-order valence-electron chi connectivity index (χ2n) is 7.97. The normalized spacial score (nSPS) is 13.0. The van der Waals surface area contributed by atoms with E-state index >= 15 is 0 Å². The van der Waals surface area contributed by atoms with Crippen LogP contribution in [0.1, 0.15) is 136 Å². The van der Waals surface area contributed by atoms with Crippen LogP contribution < -0.4 is 0 Å². The van der Waals surface area contributed by atoms with Gasteiger partial charge in [0.05, 0.1) is 0 Å². The first-order valence-electron chi connectivity index (χ1n) is 11.5. The average molecular weight is 337 g/mol. The highest BCUT2D eigenvalue weighted by Gasteiger charge is 2.01. The Morgan fingerprint density at radius 1 is 0.500 bits per heavy atom. The van der Waals surface area contributed by atoms with E-state index in [4.69, 9.17) is 0 Å². The first-order valence-corrected chi connectivity index (χ1v) is 11.5. The molecule has 0 amide bonds. The van der Waals surface area contributed by atoms with Crippen LogP contribution in [0.25, 0.3) is 0 Å². The highest BCUT2D eigenvalue weighted by Crippen LogP contribution is 2.17. The van der Waals surface area contributed by atoms with Crippen molar-refractivity contribution >= 4 is 0 Å². The molecule has 0 aliphatic heterocycles. The fraction of sp³-hybridized carbons (Fsp3) is 0.917. The molecule has 1 unspecified atom stereocenters. The highest BCUT2D eigenvalue weighted by atomic mass is 14.1. The molecule has 0 aromatic carbocycles. The van der Waals surface area contributed by atoms with Gasteiger partial charge in [-0.1, -0.05) is 123 Å². The zero-order chi connectivity index (χ0) is 17.7. The molecule has 0 heteroatoms. The highest BCUT2D eigenvalue weighted by molar-refractivity contribution is 4.81. The third kappa shape index (κ3) is 19.8. The Morgan fingerprint density at radius 2 is 0.917 bits per heavy atom. The summed E-state index contributed by atoms with van der Waals surface area (Å²) in [7, 11) is 0. The number of rotatable bonds is 19. The van der Waals surface area contributed by atoms with Crippen molar-refractivity contribution in [3.05, 3.63) is 12.2 Å². The molecule has 0 heterocycles. The lowest BCUT2D eigenvalue weighted by atomic mass is 9.96. The van der Waals surface area contributed by atoms with Crippen molar-refractivity contribution in [3.63, 3.8) is 0 Å². The SMILES string of the molecule is CCCCCCCC/C=C\CCCC(C)CCCCCCCCC. The lowest BCUT2D eigenvalue weighted by molar-refractivity contribution is 0.445. The van der Waals surface area contributed by atoms with E-state index in [1.54, 1.807) is 0 Å². The molecular formula is C24H48. The third-order valence-corrected chi connectivity index (χ3v) is 5.26. The van der Waals surface area contributed by atoms with Crippen LogP contribution in [0.3, 0.4) is 0 Å². The van der Waals surface area contributed by atoms with Gasteiger partial charge < -0.3 is 0 Å². The van der Waals surface area contributed by atoms with Gasteiger partial charge in [-0.2, -0.15) is 0 Å². The van der Waals surface area contributed by atoms with Crippen LogP contribution in [0.4, 0.5) is 0 Å². The lowest BCUT2D eigenvalue weighted by Crippen LogP contribution is -1.94. The summed E-state index contributed by atoms with van der Waals surface area (Å²) in [5, 5.41) is 0.